The molecule has 3 heteroatoms. The van der Waals surface area contributed by atoms with Gasteiger partial charge in [0.05, 0.1) is 10.0 Å². The summed E-state index contributed by atoms with van der Waals surface area (Å²) in [4.78, 5) is 12.8. The van der Waals surface area contributed by atoms with Crippen LogP contribution < -0.4 is 0 Å². The maximum absolute atomic E-state index is 12.8. The van der Waals surface area contributed by atoms with Gasteiger partial charge in [0.25, 0.3) is 0 Å². The highest BCUT2D eigenvalue weighted by Crippen LogP contribution is 2.36. The van der Waals surface area contributed by atoms with E-state index in [-0.39, 0.29) is 11.7 Å². The number of Topliss-reactive ketones (excluding diaryl/α,β-unsaturated/α-hetero) is 1. The first-order valence-electron chi connectivity index (χ1n) is 6.74. The number of aryl methyl sites for hydroxylation is 1. The molecule has 1 nitrogen and oxygen atoms in total. The van der Waals surface area contributed by atoms with E-state index in [0.29, 0.717) is 15.6 Å². The third-order valence-electron chi connectivity index (χ3n) is 3.90. The minimum atomic E-state index is -0.101. The van der Waals surface area contributed by atoms with Gasteiger partial charge in [0.15, 0.2) is 5.78 Å². The predicted octanol–water partition coefficient (Wildman–Crippen LogP) is 5.30. The zero-order valence-corrected chi connectivity index (χ0v) is 12.4. The second kappa shape index (κ2) is 5.59. The van der Waals surface area contributed by atoms with E-state index in [1.54, 1.807) is 18.2 Å². The van der Waals surface area contributed by atoms with Crippen molar-refractivity contribution in [3.8, 4) is 0 Å². The lowest BCUT2D eigenvalue weighted by molar-refractivity contribution is 0.0951. The van der Waals surface area contributed by atoms with Crippen molar-refractivity contribution in [3.63, 3.8) is 0 Å². The summed E-state index contributed by atoms with van der Waals surface area (Å²) in [5.74, 6) is -0.0273. The van der Waals surface area contributed by atoms with Crippen LogP contribution in [0.3, 0.4) is 0 Å². The first-order chi connectivity index (χ1) is 9.68. The van der Waals surface area contributed by atoms with Crippen molar-refractivity contribution < 1.29 is 4.79 Å². The van der Waals surface area contributed by atoms with E-state index in [1.165, 1.54) is 5.56 Å². The second-order valence-corrected chi connectivity index (χ2v) is 5.89. The van der Waals surface area contributed by atoms with Gasteiger partial charge in [-0.25, -0.2) is 0 Å². The Morgan fingerprint density at radius 3 is 2.70 bits per heavy atom. The van der Waals surface area contributed by atoms with Crippen LogP contribution in [0.1, 0.15) is 40.2 Å². The van der Waals surface area contributed by atoms with Crippen LogP contribution >= 0.6 is 23.2 Å². The van der Waals surface area contributed by atoms with E-state index >= 15 is 0 Å². The second-order valence-electron chi connectivity index (χ2n) is 5.11. The third kappa shape index (κ3) is 2.36. The minimum Gasteiger partial charge on any atom is -0.293 e. The van der Waals surface area contributed by atoms with Crippen molar-refractivity contribution in [1.29, 1.82) is 0 Å². The average molecular weight is 305 g/mol. The summed E-state index contributed by atoms with van der Waals surface area (Å²) in [6.45, 7) is 0. The average Bonchev–Trinajstić information content (AvgIpc) is 2.49. The molecule has 0 aliphatic heterocycles. The van der Waals surface area contributed by atoms with Gasteiger partial charge in [0.1, 0.15) is 0 Å². The van der Waals surface area contributed by atoms with Crippen molar-refractivity contribution in [1.82, 2.24) is 0 Å². The van der Waals surface area contributed by atoms with Gasteiger partial charge in [-0.2, -0.15) is 0 Å². The van der Waals surface area contributed by atoms with Crippen molar-refractivity contribution in [2.75, 3.05) is 0 Å². The smallest absolute Gasteiger partial charge is 0.171 e. The zero-order chi connectivity index (χ0) is 14.1. The lowest BCUT2D eigenvalue weighted by atomic mass is 9.79. The number of carbonyl (C=O) groups excluding carboxylic acids is 1. The summed E-state index contributed by atoms with van der Waals surface area (Å²) in [6.07, 6.45) is 2.95. The lowest BCUT2D eigenvalue weighted by Gasteiger charge is -2.24. The Morgan fingerprint density at radius 2 is 1.85 bits per heavy atom. The summed E-state index contributed by atoms with van der Waals surface area (Å²) in [5.41, 5.74) is 2.94. The molecule has 0 saturated carbocycles. The van der Waals surface area contributed by atoms with Crippen LogP contribution in [0.2, 0.25) is 10.0 Å². The zero-order valence-electron chi connectivity index (χ0n) is 10.9. The lowest BCUT2D eigenvalue weighted by Crippen LogP contribution is -2.19. The van der Waals surface area contributed by atoms with Crippen LogP contribution in [0.15, 0.2) is 42.5 Å². The van der Waals surface area contributed by atoms with Crippen LogP contribution in [-0.4, -0.2) is 5.78 Å². The van der Waals surface area contributed by atoms with Crippen LogP contribution in [0.5, 0.6) is 0 Å². The van der Waals surface area contributed by atoms with E-state index < -0.39 is 0 Å². The fourth-order valence-corrected chi connectivity index (χ4v) is 3.30. The van der Waals surface area contributed by atoms with Crippen LogP contribution in [-0.2, 0) is 6.42 Å². The predicted molar refractivity (Wildman–Crippen MR) is 82.9 cm³/mol. The summed E-state index contributed by atoms with van der Waals surface area (Å²) in [5, 5.41) is 0.795. The molecule has 102 valence electrons. The highest BCUT2D eigenvalue weighted by Gasteiger charge is 2.28. The van der Waals surface area contributed by atoms with Gasteiger partial charge in [-0.1, -0.05) is 53.5 Å². The minimum absolute atomic E-state index is 0.0738. The van der Waals surface area contributed by atoms with Gasteiger partial charge in [0, 0.05) is 11.5 Å². The molecule has 20 heavy (non-hydrogen) atoms. The molecule has 2 aromatic carbocycles. The highest BCUT2D eigenvalue weighted by molar-refractivity contribution is 6.44. The number of rotatable bonds is 2. The van der Waals surface area contributed by atoms with E-state index in [0.717, 1.165) is 24.8 Å². The number of fused-ring (bicyclic) bond motifs is 1. The van der Waals surface area contributed by atoms with Gasteiger partial charge < -0.3 is 0 Å². The first kappa shape index (κ1) is 13.7. The molecule has 0 saturated heterocycles. The van der Waals surface area contributed by atoms with Crippen molar-refractivity contribution in [2.24, 2.45) is 0 Å². The Hall–Kier alpha value is -1.31. The van der Waals surface area contributed by atoms with E-state index in [2.05, 4.69) is 12.1 Å². The molecule has 0 fully saturated rings. The van der Waals surface area contributed by atoms with Crippen LogP contribution in [0.25, 0.3) is 0 Å². The molecule has 1 aliphatic rings. The SMILES string of the molecule is O=C(c1cccc(Cl)c1Cl)C1CCCc2ccccc21. The van der Waals surface area contributed by atoms with Gasteiger partial charge in [-0.3, -0.25) is 4.79 Å². The Morgan fingerprint density at radius 1 is 1.05 bits per heavy atom. The number of halogens is 2. The number of hydrogen-bond donors (Lipinski definition) is 0. The van der Waals surface area contributed by atoms with E-state index in [9.17, 15) is 4.79 Å². The largest absolute Gasteiger partial charge is 0.293 e. The van der Waals surface area contributed by atoms with Gasteiger partial charge in [0.2, 0.25) is 0 Å². The third-order valence-corrected chi connectivity index (χ3v) is 4.72. The highest BCUT2D eigenvalue weighted by atomic mass is 35.5. The van der Waals surface area contributed by atoms with Crippen molar-refractivity contribution in [3.05, 3.63) is 69.2 Å². The normalized spacial score (nSPS) is 17.6. The Kier molecular flexibility index (Phi) is 3.82. The fraction of sp³-hybridized carbons (Fsp3) is 0.235. The molecule has 1 atom stereocenters. The van der Waals surface area contributed by atoms with Crippen molar-refractivity contribution >= 4 is 29.0 Å². The van der Waals surface area contributed by atoms with Gasteiger partial charge >= 0.3 is 0 Å². The molecule has 0 heterocycles. The molecular formula is C17H14Cl2O. The fourth-order valence-electron chi connectivity index (χ4n) is 2.91. The van der Waals surface area contributed by atoms with Gasteiger partial charge in [-0.15, -0.1) is 0 Å². The summed E-state index contributed by atoms with van der Waals surface area (Å²) >= 11 is 12.2. The molecule has 0 spiro atoms. The van der Waals surface area contributed by atoms with Crippen LogP contribution in [0.4, 0.5) is 0 Å². The maximum Gasteiger partial charge on any atom is 0.171 e. The molecule has 2 aromatic rings. The molecule has 0 aromatic heterocycles. The van der Waals surface area contributed by atoms with Gasteiger partial charge in [-0.05, 0) is 42.5 Å². The first-order valence-corrected chi connectivity index (χ1v) is 7.50. The maximum atomic E-state index is 12.8. The topological polar surface area (TPSA) is 17.1 Å². The number of carbonyl (C=O) groups is 1. The standard InChI is InChI=1S/C17H14Cl2O/c18-15-10-4-9-14(16(15)19)17(20)13-8-3-6-11-5-1-2-7-12(11)13/h1-2,4-5,7,9-10,13H,3,6,8H2. The molecule has 0 radical (unpaired) electrons. The summed E-state index contributed by atoms with van der Waals surface area (Å²) in [7, 11) is 0. The van der Waals surface area contributed by atoms with Crippen LogP contribution in [0, 0.1) is 0 Å². The Labute approximate surface area is 128 Å². The van der Waals surface area contributed by atoms with E-state index in [1.807, 2.05) is 12.1 Å². The molecule has 0 bridgehead atoms. The molecule has 3 rings (SSSR count). The van der Waals surface area contributed by atoms with E-state index in [4.69, 9.17) is 23.2 Å². The quantitative estimate of drug-likeness (QED) is 0.688. The number of ketones is 1. The molecular weight excluding hydrogens is 291 g/mol. The van der Waals surface area contributed by atoms with Crippen molar-refractivity contribution in [2.45, 2.75) is 25.2 Å². The number of benzene rings is 2. The molecule has 1 unspecified atom stereocenters. The monoisotopic (exact) mass is 304 g/mol. The summed E-state index contributed by atoms with van der Waals surface area (Å²) in [6, 6.07) is 13.4. The summed E-state index contributed by atoms with van der Waals surface area (Å²) < 4.78 is 0. The Bertz CT molecular complexity index is 664. The molecule has 1 aliphatic carbocycles. The Balaban J connectivity index is 2.02. The molecule has 0 amide bonds. The number of hydrogen-bond acceptors (Lipinski definition) is 1. The molecule has 0 N–H and O–H groups in total.